The Bertz CT molecular complexity index is 1200. The molecule has 0 atom stereocenters. The predicted molar refractivity (Wildman–Crippen MR) is 139 cm³/mol. The van der Waals surface area contributed by atoms with Gasteiger partial charge < -0.3 is 14.4 Å². The number of anilines is 1. The summed E-state index contributed by atoms with van der Waals surface area (Å²) >= 11 is 0. The summed E-state index contributed by atoms with van der Waals surface area (Å²) in [7, 11) is 3.31. The lowest BCUT2D eigenvalue weighted by atomic mass is 9.70. The number of Topliss-reactive ketones (excluding diaryl/α,β-unsaturated/α-hetero) is 1. The molecule has 6 nitrogen and oxygen atoms in total. The molecule has 2 aromatic carbocycles. The predicted octanol–water partition coefficient (Wildman–Crippen LogP) is 5.82. The normalized spacial score (nSPS) is 18.4. The van der Waals surface area contributed by atoms with E-state index in [1.807, 2.05) is 30.3 Å². The molecule has 2 heterocycles. The zero-order valence-electron chi connectivity index (χ0n) is 21.0. The highest BCUT2D eigenvalue weighted by molar-refractivity contribution is 5.93. The van der Waals surface area contributed by atoms with Crippen LogP contribution in [0.25, 0.3) is 10.9 Å². The molecule has 1 saturated heterocycles. The van der Waals surface area contributed by atoms with Crippen LogP contribution in [0.5, 0.6) is 11.5 Å². The van der Waals surface area contributed by atoms with E-state index in [4.69, 9.17) is 19.4 Å². The van der Waals surface area contributed by atoms with Gasteiger partial charge in [-0.25, -0.2) is 9.97 Å². The van der Waals surface area contributed by atoms with Crippen molar-refractivity contribution in [3.63, 3.8) is 0 Å². The van der Waals surface area contributed by atoms with Crippen molar-refractivity contribution in [2.24, 2.45) is 0 Å². The zero-order chi connectivity index (χ0) is 24.4. The number of benzene rings is 2. The highest BCUT2D eigenvalue weighted by atomic mass is 16.5. The van der Waals surface area contributed by atoms with Crippen LogP contribution in [-0.4, -0.2) is 43.1 Å². The number of hydrogen-bond donors (Lipinski definition) is 0. The molecule has 2 fully saturated rings. The van der Waals surface area contributed by atoms with Crippen molar-refractivity contribution >= 4 is 22.5 Å². The molecule has 0 spiro atoms. The maximum Gasteiger partial charge on any atom is 0.162 e. The quantitative estimate of drug-likeness (QED) is 0.449. The molecule has 0 unspecified atom stereocenters. The Morgan fingerprint density at radius 3 is 2.23 bits per heavy atom. The summed E-state index contributed by atoms with van der Waals surface area (Å²) in [5.74, 6) is 3.87. The zero-order valence-corrected chi connectivity index (χ0v) is 21.0. The van der Waals surface area contributed by atoms with Crippen LogP contribution in [0, 0.1) is 0 Å². The first-order valence-electron chi connectivity index (χ1n) is 12.8. The smallest absolute Gasteiger partial charge is 0.162 e. The van der Waals surface area contributed by atoms with Gasteiger partial charge in [0.2, 0.25) is 0 Å². The molecule has 6 heteroatoms. The summed E-state index contributed by atoms with van der Waals surface area (Å²) in [6.07, 6.45) is 7.57. The minimum atomic E-state index is -0.437. The van der Waals surface area contributed by atoms with Crippen LogP contribution < -0.4 is 14.4 Å². The van der Waals surface area contributed by atoms with Gasteiger partial charge in [0.05, 0.1) is 25.2 Å². The summed E-state index contributed by atoms with van der Waals surface area (Å²) in [6, 6.07) is 14.2. The second-order valence-corrected chi connectivity index (χ2v) is 9.96. The SMILES string of the molecule is COc1cc2nc(C3CCCCC3)nc(N3CCC(C(C)=O)(c4ccccc4)CC3)c2cc1OC. The number of carbonyl (C=O) groups is 1. The number of hydrogen-bond acceptors (Lipinski definition) is 6. The fourth-order valence-electron chi connectivity index (χ4n) is 5.94. The van der Waals surface area contributed by atoms with Crippen molar-refractivity contribution in [3.05, 3.63) is 53.9 Å². The van der Waals surface area contributed by atoms with Crippen molar-refractivity contribution in [2.75, 3.05) is 32.2 Å². The minimum absolute atomic E-state index is 0.241. The number of ether oxygens (including phenoxy) is 2. The topological polar surface area (TPSA) is 64.6 Å². The molecule has 0 radical (unpaired) electrons. The summed E-state index contributed by atoms with van der Waals surface area (Å²) < 4.78 is 11.2. The molecule has 0 bridgehead atoms. The molecule has 1 aromatic heterocycles. The van der Waals surface area contributed by atoms with Crippen molar-refractivity contribution < 1.29 is 14.3 Å². The minimum Gasteiger partial charge on any atom is -0.493 e. The van der Waals surface area contributed by atoms with Crippen LogP contribution >= 0.6 is 0 Å². The van der Waals surface area contributed by atoms with Crippen LogP contribution in [0.1, 0.15) is 69.2 Å². The Labute approximate surface area is 207 Å². The third kappa shape index (κ3) is 4.35. The number of nitrogens with zero attached hydrogens (tertiary/aromatic N) is 3. The van der Waals surface area contributed by atoms with Gasteiger partial charge in [0.1, 0.15) is 17.4 Å². The van der Waals surface area contributed by atoms with Crippen molar-refractivity contribution in [3.8, 4) is 11.5 Å². The second-order valence-electron chi connectivity index (χ2n) is 9.96. The number of methoxy groups -OCH3 is 2. The van der Waals surface area contributed by atoms with Gasteiger partial charge in [0, 0.05) is 30.5 Å². The van der Waals surface area contributed by atoms with Crippen molar-refractivity contribution in [1.29, 1.82) is 0 Å². The average molecular weight is 474 g/mol. The number of fused-ring (bicyclic) bond motifs is 1. The number of piperidine rings is 1. The number of ketones is 1. The molecule has 0 N–H and O–H groups in total. The van der Waals surface area contributed by atoms with Crippen LogP contribution in [0.15, 0.2) is 42.5 Å². The summed E-state index contributed by atoms with van der Waals surface area (Å²) in [6.45, 7) is 3.26. The summed E-state index contributed by atoms with van der Waals surface area (Å²) in [5.41, 5.74) is 1.57. The van der Waals surface area contributed by atoms with Gasteiger partial charge >= 0.3 is 0 Å². The lowest BCUT2D eigenvalue weighted by molar-refractivity contribution is -0.123. The van der Waals surface area contributed by atoms with Gasteiger partial charge in [-0.2, -0.15) is 0 Å². The molecule has 3 aromatic rings. The molecule has 1 aliphatic carbocycles. The lowest BCUT2D eigenvalue weighted by Gasteiger charge is -2.41. The third-order valence-corrected chi connectivity index (χ3v) is 8.09. The fourth-order valence-corrected chi connectivity index (χ4v) is 5.94. The molecule has 1 aliphatic heterocycles. The van der Waals surface area contributed by atoms with E-state index in [9.17, 15) is 4.79 Å². The monoisotopic (exact) mass is 473 g/mol. The maximum absolute atomic E-state index is 12.9. The maximum atomic E-state index is 12.9. The van der Waals surface area contributed by atoms with Gasteiger partial charge in [0.15, 0.2) is 11.5 Å². The fraction of sp³-hybridized carbons (Fsp3) is 0.483. The lowest BCUT2D eigenvalue weighted by Crippen LogP contribution is -2.47. The van der Waals surface area contributed by atoms with Gasteiger partial charge in [-0.15, -0.1) is 0 Å². The van der Waals surface area contributed by atoms with E-state index in [0.29, 0.717) is 17.4 Å². The Kier molecular flexibility index (Phi) is 6.63. The van der Waals surface area contributed by atoms with Crippen LogP contribution in [-0.2, 0) is 10.2 Å². The van der Waals surface area contributed by atoms with E-state index in [-0.39, 0.29) is 5.78 Å². The molecule has 1 saturated carbocycles. The summed E-state index contributed by atoms with van der Waals surface area (Å²) in [5, 5.41) is 0.970. The van der Waals surface area contributed by atoms with Crippen molar-refractivity contribution in [2.45, 2.75) is 63.2 Å². The average Bonchev–Trinajstić information content (AvgIpc) is 2.92. The van der Waals surface area contributed by atoms with E-state index in [2.05, 4.69) is 17.0 Å². The van der Waals surface area contributed by atoms with Gasteiger partial charge in [-0.3, -0.25) is 4.79 Å². The second kappa shape index (κ2) is 9.84. The standard InChI is InChI=1S/C29H35N3O3/c1-20(33)29(22-12-8-5-9-13-22)14-16-32(17-15-29)28-23-18-25(34-2)26(35-3)19-24(23)30-27(31-28)21-10-6-4-7-11-21/h5,8-9,12-13,18-19,21H,4,6-7,10-11,14-17H2,1-3H3. The Hall–Kier alpha value is -3.15. The van der Waals surface area contributed by atoms with E-state index in [0.717, 1.165) is 66.9 Å². The summed E-state index contributed by atoms with van der Waals surface area (Å²) in [4.78, 5) is 25.4. The number of aromatic nitrogens is 2. The molecule has 184 valence electrons. The first-order chi connectivity index (χ1) is 17.1. The van der Waals surface area contributed by atoms with Crippen molar-refractivity contribution in [1.82, 2.24) is 9.97 Å². The highest BCUT2D eigenvalue weighted by Crippen LogP contribution is 2.41. The van der Waals surface area contributed by atoms with E-state index >= 15 is 0 Å². The molecule has 2 aliphatic rings. The third-order valence-electron chi connectivity index (χ3n) is 8.09. The van der Waals surface area contributed by atoms with E-state index < -0.39 is 5.41 Å². The first kappa shape index (κ1) is 23.6. The first-order valence-corrected chi connectivity index (χ1v) is 12.8. The van der Waals surface area contributed by atoms with E-state index in [1.165, 1.54) is 19.3 Å². The molecular weight excluding hydrogens is 438 g/mol. The molecule has 5 rings (SSSR count). The van der Waals surface area contributed by atoms with Crippen LogP contribution in [0.3, 0.4) is 0 Å². The van der Waals surface area contributed by atoms with Crippen LogP contribution in [0.4, 0.5) is 5.82 Å². The van der Waals surface area contributed by atoms with Gasteiger partial charge in [-0.05, 0) is 44.2 Å². The molecular formula is C29H35N3O3. The Morgan fingerprint density at radius 2 is 1.60 bits per heavy atom. The largest absolute Gasteiger partial charge is 0.493 e. The van der Waals surface area contributed by atoms with E-state index in [1.54, 1.807) is 21.1 Å². The number of carbonyl (C=O) groups excluding carboxylic acids is 1. The van der Waals surface area contributed by atoms with Gasteiger partial charge in [0.25, 0.3) is 0 Å². The highest BCUT2D eigenvalue weighted by Gasteiger charge is 2.41. The molecule has 35 heavy (non-hydrogen) atoms. The Balaban J connectivity index is 1.55. The molecule has 0 amide bonds. The van der Waals surface area contributed by atoms with Crippen LogP contribution in [0.2, 0.25) is 0 Å². The number of rotatable bonds is 6. The van der Waals surface area contributed by atoms with Gasteiger partial charge in [-0.1, -0.05) is 49.6 Å². The Morgan fingerprint density at radius 1 is 0.943 bits per heavy atom.